The molecule has 1 spiro atoms. The highest BCUT2D eigenvalue weighted by molar-refractivity contribution is 6.72. The zero-order valence-electron chi connectivity index (χ0n) is 21.9. The van der Waals surface area contributed by atoms with E-state index in [-0.39, 0.29) is 24.8 Å². The number of benzene rings is 3. The second-order valence-electron chi connectivity index (χ2n) is 10.7. The van der Waals surface area contributed by atoms with Crippen molar-refractivity contribution in [3.05, 3.63) is 95.6 Å². The molecule has 198 valence electrons. The number of rotatable bonds is 7. The summed E-state index contributed by atoms with van der Waals surface area (Å²) in [6.07, 6.45) is -0.333. The minimum atomic E-state index is -3.29. The predicted molar refractivity (Wildman–Crippen MR) is 148 cm³/mol. The summed E-state index contributed by atoms with van der Waals surface area (Å²) < 4.78 is 22.3. The molecule has 3 aromatic rings. The Hall–Kier alpha value is -3.33. The first-order chi connectivity index (χ1) is 18.2. The van der Waals surface area contributed by atoms with Crippen molar-refractivity contribution in [1.29, 1.82) is 0 Å². The number of nitrogens with one attached hydrogen (secondary N) is 1. The molecule has 2 amide bonds. The number of amides is 2. The molecule has 2 aliphatic rings. The van der Waals surface area contributed by atoms with Gasteiger partial charge in [-0.1, -0.05) is 55.5 Å². The minimum absolute atomic E-state index is 0.156. The Kier molecular flexibility index (Phi) is 6.98. The minimum Gasteiger partial charge on any atom is -0.396 e. The van der Waals surface area contributed by atoms with Crippen molar-refractivity contribution in [3.63, 3.8) is 0 Å². The molecule has 1 fully saturated rings. The summed E-state index contributed by atoms with van der Waals surface area (Å²) in [5.74, 6) is -0.962. The number of anilines is 2. The van der Waals surface area contributed by atoms with Crippen LogP contribution in [-0.4, -0.2) is 38.0 Å². The Labute approximate surface area is 223 Å². The quantitative estimate of drug-likeness (QED) is 0.305. The number of fused-ring (bicyclic) bond motifs is 2. The van der Waals surface area contributed by atoms with Crippen LogP contribution in [0.1, 0.15) is 34.8 Å². The zero-order chi connectivity index (χ0) is 27.1. The number of aliphatic hydroxyl groups is 1. The molecule has 3 aromatic carbocycles. The first kappa shape index (κ1) is 26.3. The van der Waals surface area contributed by atoms with Crippen LogP contribution < -0.4 is 10.2 Å². The molecule has 0 radical (unpaired) electrons. The zero-order valence-corrected chi connectivity index (χ0v) is 22.9. The van der Waals surface area contributed by atoms with Crippen LogP contribution in [0.2, 0.25) is 18.6 Å². The Bertz CT molecular complexity index is 1330. The Morgan fingerprint density at radius 1 is 1.08 bits per heavy atom. The third-order valence-electron chi connectivity index (χ3n) is 7.85. The molecule has 2 N–H and O–H groups in total. The number of carbonyl (C=O) groups excluding carboxylic acids is 2. The van der Waals surface area contributed by atoms with Crippen molar-refractivity contribution in [2.75, 3.05) is 16.8 Å². The molecule has 0 aliphatic carbocycles. The van der Waals surface area contributed by atoms with Gasteiger partial charge >= 0.3 is 0 Å². The van der Waals surface area contributed by atoms with Crippen molar-refractivity contribution >= 4 is 31.6 Å². The molecule has 1 saturated heterocycles. The highest BCUT2D eigenvalue weighted by Gasteiger charge is 2.66. The lowest BCUT2D eigenvalue weighted by Gasteiger charge is -2.31. The number of hydrogen-bond donors (Lipinski definition) is 2. The van der Waals surface area contributed by atoms with Gasteiger partial charge in [-0.2, -0.15) is 0 Å². The average molecular weight is 533 g/mol. The summed E-state index contributed by atoms with van der Waals surface area (Å²) in [6, 6.07) is 24.0. The smallest absolute Gasteiger partial charge is 0.264 e. The monoisotopic (exact) mass is 532 g/mol. The third kappa shape index (κ3) is 4.46. The molecule has 8 heteroatoms. The lowest BCUT2D eigenvalue weighted by molar-refractivity contribution is -0.146. The summed E-state index contributed by atoms with van der Waals surface area (Å²) >= 11 is 0. The fourth-order valence-electron chi connectivity index (χ4n) is 6.24. The average Bonchev–Trinajstić information content (AvgIpc) is 3.32. The van der Waals surface area contributed by atoms with Crippen molar-refractivity contribution in [2.24, 2.45) is 5.92 Å². The standard InChI is InChI=1S/C30H33FN2O4Si/c1-20-27(38(2,3)31)26(16-17-34)37-30(20)24-18-23(32-28(35)22-12-8-5-9-13-22)14-15-25(24)33(29(30)36)19-21-10-6-4-7-11-21/h4-15,18,20,26-27,34H,16-17,19H2,1-3H3,(H,32,35)/t20-,26+,27-,30+/m0/s1. The topological polar surface area (TPSA) is 78.9 Å². The van der Waals surface area contributed by atoms with Crippen LogP contribution in [0.3, 0.4) is 0 Å². The van der Waals surface area contributed by atoms with Gasteiger partial charge in [0.05, 0.1) is 18.3 Å². The number of halogens is 1. The number of hydrogen-bond acceptors (Lipinski definition) is 4. The normalized spacial score (nSPS) is 24.6. The van der Waals surface area contributed by atoms with E-state index in [1.807, 2.05) is 49.4 Å². The summed E-state index contributed by atoms with van der Waals surface area (Å²) in [7, 11) is -3.29. The van der Waals surface area contributed by atoms with Crippen molar-refractivity contribution in [3.8, 4) is 0 Å². The van der Waals surface area contributed by atoms with E-state index in [2.05, 4.69) is 5.32 Å². The van der Waals surface area contributed by atoms with E-state index in [1.165, 1.54) is 0 Å². The maximum absolute atomic E-state index is 15.7. The Morgan fingerprint density at radius 3 is 2.37 bits per heavy atom. The lowest BCUT2D eigenvalue weighted by Crippen LogP contribution is -2.45. The van der Waals surface area contributed by atoms with E-state index < -0.39 is 31.6 Å². The first-order valence-electron chi connectivity index (χ1n) is 13.0. The second kappa shape index (κ2) is 10.1. The summed E-state index contributed by atoms with van der Waals surface area (Å²) in [5.41, 5.74) is 1.43. The van der Waals surface area contributed by atoms with Crippen LogP contribution in [-0.2, 0) is 21.7 Å². The summed E-state index contributed by atoms with van der Waals surface area (Å²) in [5, 5.41) is 12.7. The number of nitrogens with zero attached hydrogens (tertiary/aromatic N) is 1. The van der Waals surface area contributed by atoms with Gasteiger partial charge in [-0.05, 0) is 55.4 Å². The van der Waals surface area contributed by atoms with Gasteiger partial charge < -0.3 is 24.2 Å². The van der Waals surface area contributed by atoms with E-state index in [1.54, 1.807) is 54.4 Å². The van der Waals surface area contributed by atoms with Gasteiger partial charge in [0, 0.05) is 34.9 Å². The maximum atomic E-state index is 15.7. The third-order valence-corrected chi connectivity index (χ3v) is 10.3. The van der Waals surface area contributed by atoms with Gasteiger partial charge in [0.15, 0.2) is 5.60 Å². The van der Waals surface area contributed by atoms with Crippen LogP contribution in [0.15, 0.2) is 78.9 Å². The number of carbonyl (C=O) groups is 2. The Morgan fingerprint density at radius 2 is 1.74 bits per heavy atom. The lowest BCUT2D eigenvalue weighted by atomic mass is 9.82. The van der Waals surface area contributed by atoms with Gasteiger partial charge in [0.2, 0.25) is 8.41 Å². The fourth-order valence-corrected chi connectivity index (χ4v) is 8.78. The van der Waals surface area contributed by atoms with E-state index in [4.69, 9.17) is 4.74 Å². The molecule has 0 unspecified atom stereocenters. The number of aliphatic hydroxyl groups excluding tert-OH is 1. The van der Waals surface area contributed by atoms with Crippen molar-refractivity contribution < 1.29 is 23.5 Å². The second-order valence-corrected chi connectivity index (χ2v) is 14.5. The molecule has 38 heavy (non-hydrogen) atoms. The largest absolute Gasteiger partial charge is 0.396 e. The van der Waals surface area contributed by atoms with Gasteiger partial charge in [-0.3, -0.25) is 9.59 Å². The first-order valence-corrected chi connectivity index (χ1v) is 16.0. The molecular formula is C30H33FN2O4Si. The van der Waals surface area contributed by atoms with Crippen LogP contribution in [0, 0.1) is 5.92 Å². The Balaban J connectivity index is 1.60. The molecule has 2 aliphatic heterocycles. The summed E-state index contributed by atoms with van der Waals surface area (Å²) in [6.45, 7) is 5.35. The van der Waals surface area contributed by atoms with Crippen LogP contribution in [0.25, 0.3) is 0 Å². The van der Waals surface area contributed by atoms with Gasteiger partial charge in [-0.25, -0.2) is 0 Å². The van der Waals surface area contributed by atoms with Crippen LogP contribution >= 0.6 is 0 Å². The van der Waals surface area contributed by atoms with Gasteiger partial charge in [0.25, 0.3) is 11.8 Å². The van der Waals surface area contributed by atoms with E-state index in [0.29, 0.717) is 29.0 Å². The molecule has 0 aromatic heterocycles. The fraction of sp³-hybridized carbons (Fsp3) is 0.333. The molecular weight excluding hydrogens is 499 g/mol. The van der Waals surface area contributed by atoms with Crippen LogP contribution in [0.4, 0.5) is 15.5 Å². The molecule has 5 rings (SSSR count). The van der Waals surface area contributed by atoms with E-state index >= 15 is 4.11 Å². The number of ether oxygens (including phenoxy) is 1. The van der Waals surface area contributed by atoms with Crippen LogP contribution in [0.5, 0.6) is 0 Å². The molecule has 2 heterocycles. The van der Waals surface area contributed by atoms with E-state index in [9.17, 15) is 14.7 Å². The predicted octanol–water partition coefficient (Wildman–Crippen LogP) is 5.64. The SMILES string of the molecule is C[C@H]1[C@H]([Si](C)(C)F)[C@@H](CCO)O[C@]12C(=O)N(Cc1ccccc1)c1ccc(NC(=O)c3ccccc3)cc12. The highest BCUT2D eigenvalue weighted by atomic mass is 28.4. The molecule has 4 atom stereocenters. The maximum Gasteiger partial charge on any atom is 0.264 e. The van der Waals surface area contributed by atoms with Crippen molar-refractivity contribution in [2.45, 2.75) is 50.2 Å². The molecule has 6 nitrogen and oxygen atoms in total. The van der Waals surface area contributed by atoms with Crippen molar-refractivity contribution in [1.82, 2.24) is 0 Å². The van der Waals surface area contributed by atoms with Gasteiger partial charge in [-0.15, -0.1) is 0 Å². The van der Waals surface area contributed by atoms with Gasteiger partial charge in [0.1, 0.15) is 0 Å². The van der Waals surface area contributed by atoms with E-state index in [0.717, 1.165) is 5.56 Å². The highest BCUT2D eigenvalue weighted by Crippen LogP contribution is 2.60. The summed E-state index contributed by atoms with van der Waals surface area (Å²) in [4.78, 5) is 28.9. The molecule has 0 saturated carbocycles. The molecule has 0 bridgehead atoms.